The summed E-state index contributed by atoms with van der Waals surface area (Å²) in [5.41, 5.74) is 2.19. The summed E-state index contributed by atoms with van der Waals surface area (Å²) >= 11 is 5.98. The first-order chi connectivity index (χ1) is 16.5. The van der Waals surface area contributed by atoms with Gasteiger partial charge in [-0.05, 0) is 68.0 Å². The topological polar surface area (TPSA) is 53.7 Å². The molecule has 1 saturated carbocycles. The number of benzene rings is 2. The van der Waals surface area contributed by atoms with E-state index in [1.54, 1.807) is 21.3 Å². The number of methoxy groups -OCH3 is 3. The first-order valence-corrected chi connectivity index (χ1v) is 12.2. The van der Waals surface area contributed by atoms with Crippen molar-refractivity contribution in [3.63, 3.8) is 0 Å². The van der Waals surface area contributed by atoms with Gasteiger partial charge in [-0.1, -0.05) is 31.4 Å². The summed E-state index contributed by atoms with van der Waals surface area (Å²) < 4.78 is 21.2. The second-order valence-electron chi connectivity index (χ2n) is 8.84. The van der Waals surface area contributed by atoms with Gasteiger partial charge in [0.1, 0.15) is 5.75 Å². The normalized spacial score (nSPS) is 14.4. The molecule has 182 valence electrons. The Hall–Kier alpha value is -2.84. The summed E-state index contributed by atoms with van der Waals surface area (Å²) in [6, 6.07) is 14.5. The molecule has 0 aliphatic heterocycles. The monoisotopic (exact) mass is 482 g/mol. The van der Waals surface area contributed by atoms with Crippen molar-refractivity contribution in [1.82, 2.24) is 19.2 Å². The smallest absolute Gasteiger partial charge is 0.199 e. The van der Waals surface area contributed by atoms with Crippen molar-refractivity contribution in [2.24, 2.45) is 0 Å². The minimum Gasteiger partial charge on any atom is -0.497 e. The molecule has 0 unspecified atom stereocenters. The fraction of sp³-hybridized carbons (Fsp3) is 0.462. The zero-order chi connectivity index (χ0) is 24.1. The van der Waals surface area contributed by atoms with Gasteiger partial charge < -0.3 is 14.2 Å². The number of hydrogen-bond acceptors (Lipinski definition) is 6. The predicted molar refractivity (Wildman–Crippen MR) is 136 cm³/mol. The Labute approximate surface area is 206 Å². The van der Waals surface area contributed by atoms with Crippen molar-refractivity contribution in [1.29, 1.82) is 0 Å². The lowest BCUT2D eigenvalue weighted by Gasteiger charge is -2.24. The molecule has 0 saturated heterocycles. The third-order valence-corrected chi connectivity index (χ3v) is 6.85. The molecule has 4 rings (SSSR count). The van der Waals surface area contributed by atoms with Crippen LogP contribution in [0, 0.1) is 4.77 Å². The summed E-state index contributed by atoms with van der Waals surface area (Å²) in [5.74, 6) is 3.13. The number of ether oxygens (including phenoxy) is 3. The van der Waals surface area contributed by atoms with Crippen LogP contribution < -0.4 is 14.2 Å². The van der Waals surface area contributed by atoms with E-state index < -0.39 is 0 Å². The summed E-state index contributed by atoms with van der Waals surface area (Å²) in [6.07, 6.45) is 5.99. The van der Waals surface area contributed by atoms with E-state index in [0.29, 0.717) is 24.2 Å². The Morgan fingerprint density at radius 1 is 0.941 bits per heavy atom. The highest BCUT2D eigenvalue weighted by Crippen LogP contribution is 2.36. The molecule has 0 radical (unpaired) electrons. The van der Waals surface area contributed by atoms with Crippen molar-refractivity contribution >= 4 is 12.2 Å². The van der Waals surface area contributed by atoms with E-state index in [0.717, 1.165) is 41.3 Å². The van der Waals surface area contributed by atoms with E-state index in [2.05, 4.69) is 28.6 Å². The minimum absolute atomic E-state index is 0.366. The van der Waals surface area contributed by atoms with Gasteiger partial charge in [-0.2, -0.15) is 5.10 Å². The molecule has 2 aromatic carbocycles. The van der Waals surface area contributed by atoms with Crippen LogP contribution in [0.5, 0.6) is 17.2 Å². The predicted octanol–water partition coefficient (Wildman–Crippen LogP) is 5.70. The van der Waals surface area contributed by atoms with Crippen molar-refractivity contribution in [2.75, 3.05) is 28.4 Å². The van der Waals surface area contributed by atoms with Gasteiger partial charge in [-0.15, -0.1) is 0 Å². The fourth-order valence-corrected chi connectivity index (χ4v) is 5.01. The van der Waals surface area contributed by atoms with Crippen molar-refractivity contribution in [3.05, 3.63) is 52.8 Å². The highest BCUT2D eigenvalue weighted by Gasteiger charge is 2.23. The number of hydrogen-bond donors (Lipinski definition) is 0. The third-order valence-electron chi connectivity index (χ3n) is 6.44. The van der Waals surface area contributed by atoms with Gasteiger partial charge in [0, 0.05) is 18.2 Å². The molecule has 34 heavy (non-hydrogen) atoms. The molecule has 0 spiro atoms. The maximum atomic E-state index is 5.98. The van der Waals surface area contributed by atoms with Gasteiger partial charge in [0.25, 0.3) is 0 Å². The van der Waals surface area contributed by atoms with Crippen LogP contribution in [0.2, 0.25) is 0 Å². The van der Waals surface area contributed by atoms with Gasteiger partial charge in [0.2, 0.25) is 0 Å². The first-order valence-electron chi connectivity index (χ1n) is 11.8. The van der Waals surface area contributed by atoms with E-state index in [1.807, 2.05) is 35.0 Å². The SMILES string of the molecule is COc1ccc(CN(C)Cn2nc(-c3ccc(OC)c(OC)c3)n(C3CCCCC3)c2=S)cc1. The Balaban J connectivity index is 1.65. The summed E-state index contributed by atoms with van der Waals surface area (Å²) in [6.45, 7) is 1.39. The molecule has 1 aromatic heterocycles. The second kappa shape index (κ2) is 11.1. The molecule has 1 aliphatic rings. The molecule has 1 fully saturated rings. The quantitative estimate of drug-likeness (QED) is 0.365. The Kier molecular flexibility index (Phi) is 7.90. The molecule has 0 N–H and O–H groups in total. The number of rotatable bonds is 9. The fourth-order valence-electron chi connectivity index (χ4n) is 4.67. The molecule has 7 nitrogen and oxygen atoms in total. The third kappa shape index (κ3) is 5.28. The van der Waals surface area contributed by atoms with Gasteiger partial charge >= 0.3 is 0 Å². The van der Waals surface area contributed by atoms with Crippen LogP contribution in [0.1, 0.15) is 43.7 Å². The van der Waals surface area contributed by atoms with Crippen molar-refractivity contribution < 1.29 is 14.2 Å². The molecular weight excluding hydrogens is 448 g/mol. The average molecular weight is 483 g/mol. The zero-order valence-corrected chi connectivity index (χ0v) is 21.3. The van der Waals surface area contributed by atoms with Gasteiger partial charge in [0.05, 0.1) is 28.0 Å². The number of nitrogens with zero attached hydrogens (tertiary/aromatic N) is 4. The molecule has 0 amide bonds. The van der Waals surface area contributed by atoms with Gasteiger partial charge in [-0.25, -0.2) is 4.68 Å². The van der Waals surface area contributed by atoms with Crippen molar-refractivity contribution in [2.45, 2.75) is 51.4 Å². The molecule has 0 bridgehead atoms. The van der Waals surface area contributed by atoms with E-state index in [9.17, 15) is 0 Å². The minimum atomic E-state index is 0.366. The first kappa shape index (κ1) is 24.3. The molecule has 3 aromatic rings. The molecule has 0 atom stereocenters. The van der Waals surface area contributed by atoms with Crippen LogP contribution in [0.15, 0.2) is 42.5 Å². The highest BCUT2D eigenvalue weighted by molar-refractivity contribution is 7.71. The van der Waals surface area contributed by atoms with Crippen molar-refractivity contribution in [3.8, 4) is 28.6 Å². The van der Waals surface area contributed by atoms with Crippen LogP contribution >= 0.6 is 12.2 Å². The molecule has 1 heterocycles. The van der Waals surface area contributed by atoms with E-state index in [1.165, 1.54) is 24.8 Å². The maximum Gasteiger partial charge on any atom is 0.199 e. The van der Waals surface area contributed by atoms with E-state index in [-0.39, 0.29) is 0 Å². The lowest BCUT2D eigenvalue weighted by atomic mass is 9.95. The Morgan fingerprint density at radius 3 is 2.29 bits per heavy atom. The number of aromatic nitrogens is 3. The van der Waals surface area contributed by atoms with Crippen LogP contribution in [-0.2, 0) is 13.2 Å². The Bertz CT molecular complexity index is 1150. The van der Waals surface area contributed by atoms with E-state index >= 15 is 0 Å². The highest BCUT2D eigenvalue weighted by atomic mass is 32.1. The standard InChI is InChI=1S/C26H34N4O3S/c1-28(17-19-10-13-22(31-2)14-11-19)18-29-26(34)30(21-8-6-5-7-9-21)25(27-29)20-12-15-23(32-3)24(16-20)33-4/h10-16,21H,5-9,17-18H2,1-4H3. The lowest BCUT2D eigenvalue weighted by molar-refractivity contribution is 0.242. The Morgan fingerprint density at radius 2 is 1.65 bits per heavy atom. The van der Waals surface area contributed by atoms with Crippen LogP contribution in [-0.4, -0.2) is 47.6 Å². The summed E-state index contributed by atoms with van der Waals surface area (Å²) in [5, 5.41) is 5.01. The molecule has 1 aliphatic carbocycles. The molecule has 8 heteroatoms. The molecular formula is C26H34N4O3S. The van der Waals surface area contributed by atoms with Crippen LogP contribution in [0.25, 0.3) is 11.4 Å². The van der Waals surface area contributed by atoms with Crippen LogP contribution in [0.4, 0.5) is 0 Å². The second-order valence-corrected chi connectivity index (χ2v) is 9.21. The largest absolute Gasteiger partial charge is 0.497 e. The van der Waals surface area contributed by atoms with Gasteiger partial charge in [0.15, 0.2) is 22.1 Å². The maximum absolute atomic E-state index is 5.98. The van der Waals surface area contributed by atoms with Crippen LogP contribution in [0.3, 0.4) is 0 Å². The average Bonchev–Trinajstić information content (AvgIpc) is 3.20. The zero-order valence-electron chi connectivity index (χ0n) is 20.5. The van der Waals surface area contributed by atoms with E-state index in [4.69, 9.17) is 31.5 Å². The lowest BCUT2D eigenvalue weighted by Crippen LogP contribution is -2.23. The summed E-state index contributed by atoms with van der Waals surface area (Å²) in [7, 11) is 7.07. The van der Waals surface area contributed by atoms with Gasteiger partial charge in [-0.3, -0.25) is 9.47 Å². The summed E-state index contributed by atoms with van der Waals surface area (Å²) in [4.78, 5) is 2.22.